The molecule has 0 aromatic heterocycles. The van der Waals surface area contributed by atoms with E-state index in [4.69, 9.17) is 4.74 Å². The molecule has 94 valence electrons. The molecule has 0 aliphatic heterocycles. The summed E-state index contributed by atoms with van der Waals surface area (Å²) in [6, 6.07) is 0. The minimum atomic E-state index is 0.000602. The van der Waals surface area contributed by atoms with Gasteiger partial charge in [0.05, 0.1) is 12.5 Å². The van der Waals surface area contributed by atoms with Gasteiger partial charge < -0.3 is 4.74 Å². The van der Waals surface area contributed by atoms with E-state index >= 15 is 0 Å². The van der Waals surface area contributed by atoms with Crippen LogP contribution in [0.1, 0.15) is 40.5 Å². The summed E-state index contributed by atoms with van der Waals surface area (Å²) >= 11 is 3.56. The standard InChI is InChI=1S/C13H23BrO2/c1-5-16-12(15)11-10(9(2)3)6-7-13(11,4)8-14/h9-11H,5-8H2,1-4H3/t10-,11-,13+/m0/s1. The summed E-state index contributed by atoms with van der Waals surface area (Å²) in [6.07, 6.45) is 2.26. The molecule has 0 saturated heterocycles. The van der Waals surface area contributed by atoms with Crippen molar-refractivity contribution in [2.45, 2.75) is 40.5 Å². The summed E-state index contributed by atoms with van der Waals surface area (Å²) in [7, 11) is 0. The molecule has 0 bridgehead atoms. The summed E-state index contributed by atoms with van der Waals surface area (Å²) < 4.78 is 5.24. The molecule has 1 rings (SSSR count). The molecule has 0 unspecified atom stereocenters. The molecule has 3 atom stereocenters. The maximum atomic E-state index is 12.1. The van der Waals surface area contributed by atoms with Crippen LogP contribution in [0.5, 0.6) is 0 Å². The second-order valence-corrected chi connectivity index (χ2v) is 6.02. The zero-order valence-electron chi connectivity index (χ0n) is 10.8. The Kier molecular flexibility index (Phi) is 4.84. The molecule has 0 aromatic rings. The summed E-state index contributed by atoms with van der Waals surface area (Å²) in [5.74, 6) is 1.09. The highest BCUT2D eigenvalue weighted by Crippen LogP contribution is 2.50. The number of halogens is 1. The van der Waals surface area contributed by atoms with Crippen molar-refractivity contribution in [3.63, 3.8) is 0 Å². The van der Waals surface area contributed by atoms with Gasteiger partial charge in [0, 0.05) is 5.33 Å². The Morgan fingerprint density at radius 3 is 2.62 bits per heavy atom. The van der Waals surface area contributed by atoms with Crippen LogP contribution < -0.4 is 0 Å². The first-order chi connectivity index (χ1) is 7.46. The number of carbonyl (C=O) groups excluding carboxylic acids is 1. The second-order valence-electron chi connectivity index (χ2n) is 5.46. The average molecular weight is 291 g/mol. The molecule has 0 N–H and O–H groups in total. The van der Waals surface area contributed by atoms with Gasteiger partial charge in [0.15, 0.2) is 0 Å². The molecule has 16 heavy (non-hydrogen) atoms. The monoisotopic (exact) mass is 290 g/mol. The van der Waals surface area contributed by atoms with E-state index in [-0.39, 0.29) is 17.3 Å². The van der Waals surface area contributed by atoms with Crippen LogP contribution >= 0.6 is 15.9 Å². The number of hydrogen-bond donors (Lipinski definition) is 0. The van der Waals surface area contributed by atoms with Crippen LogP contribution in [0.15, 0.2) is 0 Å². The first-order valence-electron chi connectivity index (χ1n) is 6.19. The van der Waals surface area contributed by atoms with Gasteiger partial charge in [0.2, 0.25) is 0 Å². The zero-order chi connectivity index (χ0) is 12.3. The Hall–Kier alpha value is -0.0500. The SMILES string of the molecule is CCOC(=O)[C@@H]1[C@H](C(C)C)CC[C@]1(C)CBr. The van der Waals surface area contributed by atoms with E-state index < -0.39 is 0 Å². The maximum absolute atomic E-state index is 12.1. The predicted octanol–water partition coefficient (Wildman–Crippen LogP) is 3.63. The van der Waals surface area contributed by atoms with E-state index in [1.54, 1.807) is 0 Å². The predicted molar refractivity (Wildman–Crippen MR) is 69.6 cm³/mol. The summed E-state index contributed by atoms with van der Waals surface area (Å²) in [4.78, 5) is 12.1. The van der Waals surface area contributed by atoms with Crippen LogP contribution in [0.3, 0.4) is 0 Å². The van der Waals surface area contributed by atoms with Gasteiger partial charge in [-0.3, -0.25) is 4.79 Å². The number of esters is 1. The van der Waals surface area contributed by atoms with Crippen molar-refractivity contribution in [3.05, 3.63) is 0 Å². The maximum Gasteiger partial charge on any atom is 0.309 e. The highest BCUT2D eigenvalue weighted by molar-refractivity contribution is 9.09. The van der Waals surface area contributed by atoms with Crippen LogP contribution in [0.2, 0.25) is 0 Å². The molecule has 0 heterocycles. The first-order valence-corrected chi connectivity index (χ1v) is 7.31. The normalized spacial score (nSPS) is 34.4. The van der Waals surface area contributed by atoms with Crippen molar-refractivity contribution >= 4 is 21.9 Å². The van der Waals surface area contributed by atoms with Gasteiger partial charge >= 0.3 is 5.97 Å². The lowest BCUT2D eigenvalue weighted by Crippen LogP contribution is -2.36. The smallest absolute Gasteiger partial charge is 0.309 e. The summed E-state index contributed by atoms with van der Waals surface area (Å²) in [5.41, 5.74) is 0.0706. The van der Waals surface area contributed by atoms with Gasteiger partial charge in [-0.2, -0.15) is 0 Å². The van der Waals surface area contributed by atoms with E-state index in [1.165, 1.54) is 0 Å². The fraction of sp³-hybridized carbons (Fsp3) is 0.923. The van der Waals surface area contributed by atoms with Gasteiger partial charge in [0.1, 0.15) is 0 Å². The fourth-order valence-corrected chi connectivity index (χ4v) is 3.52. The van der Waals surface area contributed by atoms with Gasteiger partial charge in [0.25, 0.3) is 0 Å². The van der Waals surface area contributed by atoms with Crippen molar-refractivity contribution in [2.24, 2.45) is 23.2 Å². The Labute approximate surface area is 107 Å². The molecule has 0 amide bonds. The third-order valence-electron chi connectivity index (χ3n) is 3.93. The molecule has 1 fully saturated rings. The molecule has 1 aliphatic rings. The summed E-state index contributed by atoms with van der Waals surface area (Å²) in [6.45, 7) is 8.97. The average Bonchev–Trinajstić information content (AvgIpc) is 2.57. The lowest BCUT2D eigenvalue weighted by atomic mass is 9.75. The van der Waals surface area contributed by atoms with Crippen LogP contribution in [-0.4, -0.2) is 17.9 Å². The van der Waals surface area contributed by atoms with E-state index in [9.17, 15) is 4.79 Å². The Morgan fingerprint density at radius 1 is 1.56 bits per heavy atom. The fourth-order valence-electron chi connectivity index (χ4n) is 2.89. The second kappa shape index (κ2) is 5.52. The molecular formula is C13H23BrO2. The van der Waals surface area contributed by atoms with E-state index in [1.807, 2.05) is 6.92 Å². The first kappa shape index (κ1) is 14.0. The Morgan fingerprint density at radius 2 is 2.19 bits per heavy atom. The van der Waals surface area contributed by atoms with Crippen molar-refractivity contribution < 1.29 is 9.53 Å². The lowest BCUT2D eigenvalue weighted by molar-refractivity contribution is -0.153. The van der Waals surface area contributed by atoms with Crippen LogP contribution in [0, 0.1) is 23.2 Å². The molecule has 1 aliphatic carbocycles. The number of carbonyl (C=O) groups is 1. The molecule has 0 aromatic carbocycles. The van der Waals surface area contributed by atoms with Gasteiger partial charge in [-0.25, -0.2) is 0 Å². The molecule has 1 saturated carbocycles. The molecule has 0 radical (unpaired) electrons. The van der Waals surface area contributed by atoms with E-state index in [2.05, 4.69) is 36.7 Å². The van der Waals surface area contributed by atoms with Crippen LogP contribution in [-0.2, 0) is 9.53 Å². The van der Waals surface area contributed by atoms with Gasteiger partial charge in [-0.05, 0) is 37.0 Å². The van der Waals surface area contributed by atoms with Gasteiger partial charge in [-0.1, -0.05) is 36.7 Å². The van der Waals surface area contributed by atoms with Gasteiger partial charge in [-0.15, -0.1) is 0 Å². The summed E-state index contributed by atoms with van der Waals surface area (Å²) in [5, 5.41) is 0.882. The van der Waals surface area contributed by atoms with Crippen molar-refractivity contribution in [1.29, 1.82) is 0 Å². The Bertz CT molecular complexity index is 252. The van der Waals surface area contributed by atoms with Crippen molar-refractivity contribution in [3.8, 4) is 0 Å². The lowest BCUT2D eigenvalue weighted by Gasteiger charge is -2.32. The topological polar surface area (TPSA) is 26.3 Å². The molecule has 0 spiro atoms. The molecule has 3 heteroatoms. The third kappa shape index (κ3) is 2.61. The van der Waals surface area contributed by atoms with Crippen LogP contribution in [0.25, 0.3) is 0 Å². The highest BCUT2D eigenvalue weighted by atomic mass is 79.9. The van der Waals surface area contributed by atoms with E-state index in [0.29, 0.717) is 18.4 Å². The largest absolute Gasteiger partial charge is 0.466 e. The zero-order valence-corrected chi connectivity index (χ0v) is 12.3. The Balaban J connectivity index is 2.89. The van der Waals surface area contributed by atoms with Crippen molar-refractivity contribution in [2.75, 3.05) is 11.9 Å². The minimum Gasteiger partial charge on any atom is -0.466 e. The number of alkyl halides is 1. The van der Waals surface area contributed by atoms with E-state index in [0.717, 1.165) is 18.2 Å². The van der Waals surface area contributed by atoms with Crippen LogP contribution in [0.4, 0.5) is 0 Å². The molecule has 2 nitrogen and oxygen atoms in total. The highest BCUT2D eigenvalue weighted by Gasteiger charge is 2.50. The van der Waals surface area contributed by atoms with Crippen molar-refractivity contribution in [1.82, 2.24) is 0 Å². The quantitative estimate of drug-likeness (QED) is 0.584. The number of ether oxygens (including phenoxy) is 1. The number of hydrogen-bond acceptors (Lipinski definition) is 2. The number of rotatable bonds is 4. The minimum absolute atomic E-state index is 0.000602. The third-order valence-corrected chi connectivity index (χ3v) is 5.21. The molecular weight excluding hydrogens is 268 g/mol.